The van der Waals surface area contributed by atoms with Gasteiger partial charge in [-0.2, -0.15) is 80.4 Å². The average molecular weight is 479 g/mol. The van der Waals surface area contributed by atoms with Crippen LogP contribution in [0.15, 0.2) is 0 Å². The third-order valence-corrected chi connectivity index (χ3v) is 3.41. The van der Waals surface area contributed by atoms with E-state index in [4.69, 9.17) is 0 Å². The first kappa shape index (κ1) is 27.2. The molecule has 0 aromatic rings. The van der Waals surface area contributed by atoms with E-state index in [0.717, 1.165) is 0 Å². The highest BCUT2D eigenvalue weighted by atomic mass is 32.1. The lowest BCUT2D eigenvalue weighted by Crippen LogP contribution is -2.74. The Hall–Kier alpha value is -0.840. The first-order chi connectivity index (χ1) is 11.8. The van der Waals surface area contributed by atoms with Crippen molar-refractivity contribution in [3.05, 3.63) is 0 Å². The van der Waals surface area contributed by atoms with E-state index in [1.54, 1.807) is 0 Å². The van der Waals surface area contributed by atoms with Gasteiger partial charge in [-0.25, -0.2) is 0 Å². The lowest BCUT2D eigenvalue weighted by Gasteiger charge is -2.43. The summed E-state index contributed by atoms with van der Waals surface area (Å²) in [5.74, 6) is -57.5. The molecule has 0 spiro atoms. The number of hydrogen-bond donors (Lipinski definition) is 0. The molecule has 0 aromatic carbocycles. The molecule has 0 bridgehead atoms. The van der Waals surface area contributed by atoms with Gasteiger partial charge in [0.25, 0.3) is 0 Å². The van der Waals surface area contributed by atoms with Gasteiger partial charge in [0.1, 0.15) is 0 Å². The minimum atomic E-state index is -8.59. The molecule has 0 heterocycles. The van der Waals surface area contributed by atoms with Crippen LogP contribution in [-0.2, 0) is 12.6 Å². The molecule has 0 fully saturated rings. The summed E-state index contributed by atoms with van der Waals surface area (Å²) >= 11 is 3.67. The van der Waals surface area contributed by atoms with Crippen LogP contribution in [0.4, 0.5) is 74.6 Å². The zero-order chi connectivity index (χ0) is 23.4. The molecule has 0 aliphatic heterocycles. The van der Waals surface area contributed by atoms with E-state index >= 15 is 0 Å². The molecule has 0 radical (unpaired) electrons. The molecule has 0 N–H and O–H groups in total. The van der Waals surface area contributed by atoms with Crippen molar-refractivity contribution in [2.45, 2.75) is 54.1 Å². The third kappa shape index (κ3) is 3.36. The summed E-state index contributed by atoms with van der Waals surface area (Å²) in [4.78, 5) is 0. The summed E-state index contributed by atoms with van der Waals surface area (Å²) < 4.78 is 217. The number of rotatable bonds is 8. The highest BCUT2D eigenvalue weighted by Gasteiger charge is 2.95. The normalized spacial score (nSPS) is 16.5. The van der Waals surface area contributed by atoms with Crippen LogP contribution in [0.5, 0.6) is 0 Å². The van der Waals surface area contributed by atoms with Crippen molar-refractivity contribution in [2.75, 3.05) is 5.75 Å². The maximum atomic E-state index is 13.2. The molecule has 0 nitrogen and oxygen atoms in total. The first-order valence-electron chi connectivity index (χ1n) is 6.10. The fourth-order valence-electron chi connectivity index (χ4n) is 1.48. The zero-order valence-electron chi connectivity index (χ0n) is 12.2. The summed E-state index contributed by atoms with van der Waals surface area (Å²) in [6.07, 6.45) is -10.3. The highest BCUT2D eigenvalue weighted by Crippen LogP contribution is 2.64. The van der Waals surface area contributed by atoms with Crippen LogP contribution in [0.2, 0.25) is 0 Å². The van der Waals surface area contributed by atoms with E-state index in [1.807, 2.05) is 0 Å². The fourth-order valence-corrected chi connectivity index (χ4v) is 1.74. The van der Waals surface area contributed by atoms with Crippen LogP contribution in [-0.4, -0.2) is 53.4 Å². The molecule has 0 atom stereocenters. The molecule has 0 saturated heterocycles. The lowest BCUT2D eigenvalue weighted by atomic mass is 9.88. The van der Waals surface area contributed by atoms with Gasteiger partial charge in [0.05, 0.1) is 0 Å². The van der Waals surface area contributed by atoms with Crippen molar-refractivity contribution < 1.29 is 74.6 Å². The van der Waals surface area contributed by atoms with E-state index < -0.39 is 59.8 Å². The molecular formula is C10H4F17S-. The molecule has 0 saturated carbocycles. The van der Waals surface area contributed by atoms with Crippen LogP contribution < -0.4 is 0 Å². The second-order valence-corrected chi connectivity index (χ2v) is 5.51. The number of halogens is 17. The van der Waals surface area contributed by atoms with Gasteiger partial charge in [0, 0.05) is 0 Å². The van der Waals surface area contributed by atoms with E-state index in [0.29, 0.717) is 0 Å². The van der Waals surface area contributed by atoms with E-state index in [-0.39, 0.29) is 0 Å². The lowest BCUT2D eigenvalue weighted by molar-refractivity contribution is -0.461. The van der Waals surface area contributed by atoms with Crippen LogP contribution in [0, 0.1) is 0 Å². The van der Waals surface area contributed by atoms with Crippen molar-refractivity contribution in [1.82, 2.24) is 0 Å². The van der Waals surface area contributed by atoms with Gasteiger partial charge in [0.15, 0.2) is 0 Å². The monoisotopic (exact) mass is 479 g/mol. The average Bonchev–Trinajstić information content (AvgIpc) is 2.44. The molecular weight excluding hydrogens is 475 g/mol. The molecule has 0 aliphatic rings. The van der Waals surface area contributed by atoms with E-state index in [9.17, 15) is 74.6 Å². The summed E-state index contributed by atoms with van der Waals surface area (Å²) in [5.41, 5.74) is 0. The molecule has 0 aromatic heterocycles. The van der Waals surface area contributed by atoms with E-state index in [1.165, 1.54) is 0 Å². The predicted octanol–water partition coefficient (Wildman–Crippen LogP) is 5.93. The molecule has 0 rings (SSSR count). The quantitative estimate of drug-likeness (QED) is 0.307. The minimum Gasteiger partial charge on any atom is -0.792 e. The number of alkyl halides is 17. The maximum absolute atomic E-state index is 13.2. The summed E-state index contributed by atoms with van der Waals surface area (Å²) in [5, 5.41) is 0. The van der Waals surface area contributed by atoms with Gasteiger partial charge in [0.2, 0.25) is 0 Å². The molecule has 18 heteroatoms. The number of hydrogen-bond acceptors (Lipinski definition) is 1. The van der Waals surface area contributed by atoms with Gasteiger partial charge in [-0.1, -0.05) is 0 Å². The van der Waals surface area contributed by atoms with Crippen molar-refractivity contribution in [3.63, 3.8) is 0 Å². The smallest absolute Gasteiger partial charge is 0.460 e. The van der Waals surface area contributed by atoms with Gasteiger partial charge < -0.3 is 12.6 Å². The Bertz CT molecular complexity index is 559. The Morgan fingerprint density at radius 2 is 0.643 bits per heavy atom. The third-order valence-electron chi connectivity index (χ3n) is 3.20. The predicted molar refractivity (Wildman–Crippen MR) is 57.5 cm³/mol. The molecule has 0 aliphatic carbocycles. The molecule has 0 amide bonds. The fraction of sp³-hybridized carbons (Fsp3) is 1.00. The highest BCUT2D eigenvalue weighted by molar-refractivity contribution is 7.58. The van der Waals surface area contributed by atoms with Gasteiger partial charge in [-0.15, -0.1) is 0 Å². The van der Waals surface area contributed by atoms with Crippen molar-refractivity contribution in [2.24, 2.45) is 0 Å². The van der Waals surface area contributed by atoms with Crippen molar-refractivity contribution in [1.29, 1.82) is 0 Å². The minimum absolute atomic E-state index is 1.58. The summed E-state index contributed by atoms with van der Waals surface area (Å²) in [6.45, 7) is 0. The maximum Gasteiger partial charge on any atom is 0.460 e. The van der Waals surface area contributed by atoms with Crippen LogP contribution in [0.1, 0.15) is 6.42 Å². The zero-order valence-corrected chi connectivity index (χ0v) is 13.1. The largest absolute Gasteiger partial charge is 0.792 e. The standard InChI is InChI=1S/C10H5F17S/c11-3(12,1-2-28)4(13,14)5(15,16)6(17,18)7(19,20)8(21,22)9(23,24)10(25,26)27/h28H,1-2H2/p-1. The first-order valence-corrected chi connectivity index (χ1v) is 6.68. The second kappa shape index (κ2) is 6.85. The topological polar surface area (TPSA) is 0 Å². The molecule has 170 valence electrons. The Morgan fingerprint density at radius 3 is 0.893 bits per heavy atom. The molecule has 28 heavy (non-hydrogen) atoms. The van der Waals surface area contributed by atoms with Crippen molar-refractivity contribution >= 4 is 12.6 Å². The molecule has 0 unspecified atom stereocenters. The van der Waals surface area contributed by atoms with Gasteiger partial charge in [-0.3, -0.25) is 0 Å². The van der Waals surface area contributed by atoms with E-state index in [2.05, 4.69) is 12.6 Å². The Morgan fingerprint density at radius 1 is 0.393 bits per heavy atom. The van der Waals surface area contributed by atoms with Crippen LogP contribution in [0.3, 0.4) is 0 Å². The SMILES string of the molecule is FC(F)(F)C(F)(F)C(F)(F)C(F)(F)C(F)(F)C(F)(F)C(F)(F)C(F)(F)CC[S-]. The summed E-state index contributed by atoms with van der Waals surface area (Å²) in [7, 11) is 0. The van der Waals surface area contributed by atoms with Crippen LogP contribution in [0.25, 0.3) is 0 Å². The Labute approximate surface area is 148 Å². The van der Waals surface area contributed by atoms with Gasteiger partial charge >= 0.3 is 47.6 Å². The Balaban J connectivity index is 6.63. The Kier molecular flexibility index (Phi) is 6.65. The second-order valence-electron chi connectivity index (χ2n) is 5.10. The summed E-state index contributed by atoms with van der Waals surface area (Å²) in [6, 6.07) is 0. The van der Waals surface area contributed by atoms with Crippen LogP contribution >= 0.6 is 0 Å². The van der Waals surface area contributed by atoms with Crippen molar-refractivity contribution in [3.8, 4) is 0 Å². The van der Waals surface area contributed by atoms with Gasteiger partial charge in [-0.05, 0) is 6.42 Å².